The van der Waals surface area contributed by atoms with Gasteiger partial charge in [-0.05, 0) is 25.1 Å². The van der Waals surface area contributed by atoms with Gasteiger partial charge in [0.25, 0.3) is 5.91 Å². The molecule has 1 rings (SSSR count). The zero-order valence-electron chi connectivity index (χ0n) is 10.2. The van der Waals surface area contributed by atoms with Crippen molar-refractivity contribution in [3.8, 4) is 0 Å². The Labute approximate surface area is 123 Å². The molecule has 0 saturated heterocycles. The summed E-state index contributed by atoms with van der Waals surface area (Å²) in [5.41, 5.74) is 0.531. The second kappa shape index (κ2) is 6.89. The van der Waals surface area contributed by atoms with Crippen LogP contribution in [0.25, 0.3) is 0 Å². The summed E-state index contributed by atoms with van der Waals surface area (Å²) in [6.45, 7) is 2.45. The van der Waals surface area contributed by atoms with Crippen LogP contribution in [0, 0.1) is 0 Å². The first kappa shape index (κ1) is 15.2. The van der Waals surface area contributed by atoms with Crippen molar-refractivity contribution >= 4 is 43.7 Å². The van der Waals surface area contributed by atoms with Crippen LogP contribution in [0.15, 0.2) is 27.1 Å². The molecular formula is C12H14Br2N2O2. The van der Waals surface area contributed by atoms with Gasteiger partial charge in [-0.25, -0.2) is 0 Å². The lowest BCUT2D eigenvalue weighted by Gasteiger charge is -2.16. The lowest BCUT2D eigenvalue weighted by atomic mass is 10.2. The Morgan fingerprint density at radius 2 is 1.78 bits per heavy atom. The number of halogens is 2. The molecular weight excluding hydrogens is 364 g/mol. The first-order valence-corrected chi connectivity index (χ1v) is 7.01. The molecule has 1 aromatic rings. The molecule has 0 spiro atoms. The summed E-state index contributed by atoms with van der Waals surface area (Å²) >= 11 is 6.65. The number of carbonyl (C=O) groups excluding carboxylic acids is 2. The Morgan fingerprint density at radius 3 is 2.28 bits per heavy atom. The van der Waals surface area contributed by atoms with Crippen LogP contribution < -0.4 is 5.32 Å². The molecule has 2 amide bonds. The van der Waals surface area contributed by atoms with Gasteiger partial charge < -0.3 is 10.2 Å². The molecule has 0 aliphatic carbocycles. The zero-order valence-corrected chi connectivity index (χ0v) is 13.3. The van der Waals surface area contributed by atoms with E-state index in [0.717, 1.165) is 8.95 Å². The average Bonchev–Trinajstić information content (AvgIpc) is 2.26. The first-order valence-electron chi connectivity index (χ1n) is 5.42. The summed E-state index contributed by atoms with van der Waals surface area (Å²) in [6.07, 6.45) is 0. The molecule has 0 unspecified atom stereocenters. The van der Waals surface area contributed by atoms with Gasteiger partial charge in [-0.15, -0.1) is 0 Å². The standard InChI is InChI=1S/C12H14Br2N2O2/c1-3-15-11(17)7-16(2)12(18)8-4-9(13)6-10(14)5-8/h4-6H,3,7H2,1-2H3,(H,15,17). The molecule has 98 valence electrons. The van der Waals surface area contributed by atoms with Crippen molar-refractivity contribution in [2.75, 3.05) is 20.1 Å². The Kier molecular flexibility index (Phi) is 5.81. The number of carbonyl (C=O) groups is 2. The quantitative estimate of drug-likeness (QED) is 0.875. The van der Waals surface area contributed by atoms with E-state index in [4.69, 9.17) is 0 Å². The normalized spacial score (nSPS) is 10.0. The van der Waals surface area contributed by atoms with E-state index >= 15 is 0 Å². The maximum Gasteiger partial charge on any atom is 0.254 e. The minimum atomic E-state index is -0.191. The van der Waals surface area contributed by atoms with Crippen molar-refractivity contribution in [2.24, 2.45) is 0 Å². The maximum absolute atomic E-state index is 12.1. The zero-order chi connectivity index (χ0) is 13.7. The summed E-state index contributed by atoms with van der Waals surface area (Å²) in [5, 5.41) is 2.65. The number of nitrogens with one attached hydrogen (secondary N) is 1. The highest BCUT2D eigenvalue weighted by atomic mass is 79.9. The highest BCUT2D eigenvalue weighted by Crippen LogP contribution is 2.20. The van der Waals surface area contributed by atoms with Crippen molar-refractivity contribution in [3.05, 3.63) is 32.7 Å². The molecule has 1 N–H and O–H groups in total. The molecule has 0 heterocycles. The number of nitrogens with zero attached hydrogens (tertiary/aromatic N) is 1. The molecule has 4 nitrogen and oxygen atoms in total. The summed E-state index contributed by atoms with van der Waals surface area (Å²) < 4.78 is 1.62. The van der Waals surface area contributed by atoms with E-state index in [-0.39, 0.29) is 18.4 Å². The first-order chi connectivity index (χ1) is 8.43. The largest absolute Gasteiger partial charge is 0.355 e. The third-order valence-electron chi connectivity index (χ3n) is 2.21. The second-order valence-electron chi connectivity index (χ2n) is 3.77. The van der Waals surface area contributed by atoms with Crippen LogP contribution in [0.2, 0.25) is 0 Å². The highest BCUT2D eigenvalue weighted by Gasteiger charge is 2.15. The van der Waals surface area contributed by atoms with Crippen LogP contribution in [-0.4, -0.2) is 36.9 Å². The van der Waals surface area contributed by atoms with Gasteiger partial charge in [0.1, 0.15) is 0 Å². The van der Waals surface area contributed by atoms with Gasteiger partial charge in [0.05, 0.1) is 6.54 Å². The van der Waals surface area contributed by atoms with Crippen molar-refractivity contribution in [1.82, 2.24) is 10.2 Å². The number of hydrogen-bond donors (Lipinski definition) is 1. The molecule has 18 heavy (non-hydrogen) atoms. The predicted octanol–water partition coefficient (Wildman–Crippen LogP) is 2.42. The van der Waals surface area contributed by atoms with Gasteiger partial charge in [0.15, 0.2) is 0 Å². The minimum Gasteiger partial charge on any atom is -0.355 e. The number of hydrogen-bond acceptors (Lipinski definition) is 2. The van der Waals surface area contributed by atoms with E-state index in [9.17, 15) is 9.59 Å². The van der Waals surface area contributed by atoms with E-state index in [1.165, 1.54) is 4.90 Å². The fraction of sp³-hybridized carbons (Fsp3) is 0.333. The number of amides is 2. The lowest BCUT2D eigenvalue weighted by molar-refractivity contribution is -0.121. The Bertz CT molecular complexity index is 443. The fourth-order valence-corrected chi connectivity index (χ4v) is 2.73. The Balaban J connectivity index is 2.77. The molecule has 0 saturated carbocycles. The molecule has 0 radical (unpaired) electrons. The highest BCUT2D eigenvalue weighted by molar-refractivity contribution is 9.11. The summed E-state index contributed by atoms with van der Waals surface area (Å²) in [7, 11) is 1.60. The van der Waals surface area contributed by atoms with Crippen molar-refractivity contribution in [3.63, 3.8) is 0 Å². The Hall–Kier alpha value is -0.880. The number of rotatable bonds is 4. The van der Waals surface area contributed by atoms with E-state index in [1.807, 2.05) is 13.0 Å². The van der Waals surface area contributed by atoms with Crippen LogP contribution in [-0.2, 0) is 4.79 Å². The predicted molar refractivity (Wildman–Crippen MR) is 77.5 cm³/mol. The molecule has 6 heteroatoms. The van der Waals surface area contributed by atoms with Crippen LogP contribution >= 0.6 is 31.9 Å². The summed E-state index contributed by atoms with van der Waals surface area (Å²) in [6, 6.07) is 5.29. The monoisotopic (exact) mass is 376 g/mol. The summed E-state index contributed by atoms with van der Waals surface area (Å²) in [4.78, 5) is 24.9. The van der Waals surface area contributed by atoms with E-state index < -0.39 is 0 Å². The molecule has 0 aliphatic heterocycles. The average molecular weight is 378 g/mol. The van der Waals surface area contributed by atoms with Crippen LogP contribution in [0.3, 0.4) is 0 Å². The topological polar surface area (TPSA) is 49.4 Å². The minimum absolute atomic E-state index is 0.0524. The van der Waals surface area contributed by atoms with Gasteiger partial charge in [0, 0.05) is 28.1 Å². The third kappa shape index (κ3) is 4.42. The maximum atomic E-state index is 12.1. The van der Waals surface area contributed by atoms with Gasteiger partial charge >= 0.3 is 0 Å². The van der Waals surface area contributed by atoms with Crippen molar-refractivity contribution in [2.45, 2.75) is 6.92 Å². The molecule has 1 aromatic carbocycles. The van der Waals surface area contributed by atoms with Crippen molar-refractivity contribution < 1.29 is 9.59 Å². The number of benzene rings is 1. The molecule has 0 fully saturated rings. The van der Waals surface area contributed by atoms with E-state index in [2.05, 4.69) is 37.2 Å². The smallest absolute Gasteiger partial charge is 0.254 e. The second-order valence-corrected chi connectivity index (χ2v) is 5.60. The van der Waals surface area contributed by atoms with Crippen molar-refractivity contribution in [1.29, 1.82) is 0 Å². The third-order valence-corrected chi connectivity index (χ3v) is 3.13. The molecule has 0 bridgehead atoms. The van der Waals surface area contributed by atoms with Gasteiger partial charge in [-0.3, -0.25) is 9.59 Å². The molecule has 0 aromatic heterocycles. The lowest BCUT2D eigenvalue weighted by Crippen LogP contribution is -2.38. The number of likely N-dealkylation sites (N-methyl/N-ethyl adjacent to an activating group) is 2. The fourth-order valence-electron chi connectivity index (χ4n) is 1.44. The van der Waals surface area contributed by atoms with Gasteiger partial charge in [0.2, 0.25) is 5.91 Å². The van der Waals surface area contributed by atoms with Gasteiger partial charge in [-0.1, -0.05) is 31.9 Å². The van der Waals surface area contributed by atoms with E-state index in [0.29, 0.717) is 12.1 Å². The van der Waals surface area contributed by atoms with E-state index in [1.54, 1.807) is 19.2 Å². The van der Waals surface area contributed by atoms with Crippen LogP contribution in [0.5, 0.6) is 0 Å². The summed E-state index contributed by atoms with van der Waals surface area (Å²) in [5.74, 6) is -0.356. The van der Waals surface area contributed by atoms with Crippen LogP contribution in [0.1, 0.15) is 17.3 Å². The van der Waals surface area contributed by atoms with Gasteiger partial charge in [-0.2, -0.15) is 0 Å². The molecule has 0 atom stereocenters. The van der Waals surface area contributed by atoms with Crippen LogP contribution in [0.4, 0.5) is 0 Å². The SMILES string of the molecule is CCNC(=O)CN(C)C(=O)c1cc(Br)cc(Br)c1. The molecule has 0 aliphatic rings. The Morgan fingerprint density at radius 1 is 1.22 bits per heavy atom.